The molecule has 18 heavy (non-hydrogen) atoms. The summed E-state index contributed by atoms with van der Waals surface area (Å²) in [7, 11) is 0. The second-order valence-corrected chi connectivity index (χ2v) is 3.97. The fourth-order valence-electron chi connectivity index (χ4n) is 1.64. The molecular weight excluding hydrogens is 236 g/mol. The molecule has 0 saturated carbocycles. The van der Waals surface area contributed by atoms with Gasteiger partial charge in [-0.15, -0.1) is 0 Å². The van der Waals surface area contributed by atoms with E-state index in [0.29, 0.717) is 0 Å². The lowest BCUT2D eigenvalue weighted by atomic mass is 10.1. The van der Waals surface area contributed by atoms with E-state index in [0.717, 1.165) is 17.7 Å². The molecule has 1 unspecified atom stereocenters. The van der Waals surface area contributed by atoms with Gasteiger partial charge in [0.15, 0.2) is 5.82 Å². The summed E-state index contributed by atoms with van der Waals surface area (Å²) in [6.45, 7) is 1.79. The number of nitrogen functional groups attached to an aromatic ring is 1. The van der Waals surface area contributed by atoms with Crippen LogP contribution in [0.5, 0.6) is 5.75 Å². The monoisotopic (exact) mass is 249 g/mol. The molecular formula is C14H13F2NO. The van der Waals surface area contributed by atoms with E-state index >= 15 is 0 Å². The molecule has 2 rings (SSSR count). The van der Waals surface area contributed by atoms with E-state index < -0.39 is 11.6 Å². The van der Waals surface area contributed by atoms with E-state index in [1.807, 2.05) is 30.3 Å². The van der Waals surface area contributed by atoms with Crippen molar-refractivity contribution in [3.63, 3.8) is 0 Å². The van der Waals surface area contributed by atoms with Gasteiger partial charge >= 0.3 is 0 Å². The summed E-state index contributed by atoms with van der Waals surface area (Å²) < 4.78 is 31.8. The highest BCUT2D eigenvalue weighted by Crippen LogP contribution is 2.30. The third kappa shape index (κ3) is 2.59. The van der Waals surface area contributed by atoms with Gasteiger partial charge in [0.25, 0.3) is 0 Å². The molecule has 0 fully saturated rings. The van der Waals surface area contributed by atoms with Crippen LogP contribution in [0.15, 0.2) is 42.5 Å². The summed E-state index contributed by atoms with van der Waals surface area (Å²) in [6.07, 6.45) is -0.338. The highest BCUT2D eigenvalue weighted by atomic mass is 19.1. The van der Waals surface area contributed by atoms with Gasteiger partial charge in [0.2, 0.25) is 0 Å². The maximum Gasteiger partial charge on any atom is 0.152 e. The predicted octanol–water partition coefficient (Wildman–Crippen LogP) is 3.69. The molecule has 0 aromatic heterocycles. The predicted molar refractivity (Wildman–Crippen MR) is 66.3 cm³/mol. The van der Waals surface area contributed by atoms with Crippen LogP contribution in [0.25, 0.3) is 0 Å². The molecule has 0 spiro atoms. The van der Waals surface area contributed by atoms with Gasteiger partial charge < -0.3 is 10.5 Å². The second-order valence-electron chi connectivity index (χ2n) is 3.97. The van der Waals surface area contributed by atoms with Crippen molar-refractivity contribution in [3.05, 3.63) is 59.7 Å². The Labute approximate surface area is 104 Å². The zero-order valence-electron chi connectivity index (χ0n) is 9.86. The maximum absolute atomic E-state index is 13.2. The van der Waals surface area contributed by atoms with Gasteiger partial charge in [-0.3, -0.25) is 0 Å². The first-order chi connectivity index (χ1) is 8.58. The minimum atomic E-state index is -0.815. The Morgan fingerprint density at radius 1 is 1.11 bits per heavy atom. The lowest BCUT2D eigenvalue weighted by Gasteiger charge is -2.16. The van der Waals surface area contributed by atoms with Gasteiger partial charge in [0.05, 0.1) is 0 Å². The molecule has 0 amide bonds. The van der Waals surface area contributed by atoms with Gasteiger partial charge in [0, 0.05) is 12.1 Å². The summed E-state index contributed by atoms with van der Waals surface area (Å²) in [6, 6.07) is 11.2. The van der Waals surface area contributed by atoms with Gasteiger partial charge in [-0.25, -0.2) is 8.78 Å². The van der Waals surface area contributed by atoms with Gasteiger partial charge in [0.1, 0.15) is 23.4 Å². The number of benzene rings is 2. The molecule has 0 heterocycles. The van der Waals surface area contributed by atoms with Crippen molar-refractivity contribution >= 4 is 5.69 Å². The van der Waals surface area contributed by atoms with Crippen molar-refractivity contribution in [2.45, 2.75) is 13.0 Å². The third-order valence-corrected chi connectivity index (χ3v) is 2.63. The van der Waals surface area contributed by atoms with E-state index in [-0.39, 0.29) is 17.5 Å². The molecule has 0 saturated heterocycles. The van der Waals surface area contributed by atoms with Gasteiger partial charge in [-0.1, -0.05) is 30.3 Å². The Morgan fingerprint density at radius 3 is 2.44 bits per heavy atom. The van der Waals surface area contributed by atoms with E-state index in [1.54, 1.807) is 6.92 Å². The number of rotatable bonds is 3. The van der Waals surface area contributed by atoms with E-state index in [1.165, 1.54) is 0 Å². The molecule has 2 aromatic carbocycles. The summed E-state index contributed by atoms with van der Waals surface area (Å²) >= 11 is 0. The van der Waals surface area contributed by atoms with Crippen molar-refractivity contribution in [1.29, 1.82) is 0 Å². The van der Waals surface area contributed by atoms with Crippen molar-refractivity contribution in [2.75, 3.05) is 5.73 Å². The van der Waals surface area contributed by atoms with E-state index in [4.69, 9.17) is 10.5 Å². The largest absolute Gasteiger partial charge is 0.484 e. The Hall–Kier alpha value is -2.10. The van der Waals surface area contributed by atoms with E-state index in [9.17, 15) is 8.78 Å². The zero-order valence-corrected chi connectivity index (χ0v) is 9.86. The third-order valence-electron chi connectivity index (χ3n) is 2.63. The fraction of sp³-hybridized carbons (Fsp3) is 0.143. The number of anilines is 1. The lowest BCUT2D eigenvalue weighted by Crippen LogP contribution is -2.06. The Morgan fingerprint density at radius 2 is 1.78 bits per heavy atom. The molecule has 2 aromatic rings. The molecule has 0 bridgehead atoms. The summed E-state index contributed by atoms with van der Waals surface area (Å²) in [5, 5.41) is 0. The number of nitrogens with two attached hydrogens (primary N) is 1. The molecule has 4 heteroatoms. The molecule has 0 radical (unpaired) electrons. The van der Waals surface area contributed by atoms with Crippen molar-refractivity contribution in [3.8, 4) is 5.75 Å². The average molecular weight is 249 g/mol. The number of hydrogen-bond donors (Lipinski definition) is 1. The van der Waals surface area contributed by atoms with Crippen molar-refractivity contribution in [2.24, 2.45) is 0 Å². The Balaban J connectivity index is 2.24. The molecule has 2 N–H and O–H groups in total. The quantitative estimate of drug-likeness (QED) is 0.842. The van der Waals surface area contributed by atoms with Crippen LogP contribution >= 0.6 is 0 Å². The number of hydrogen-bond acceptors (Lipinski definition) is 2. The lowest BCUT2D eigenvalue weighted by molar-refractivity contribution is 0.226. The smallest absolute Gasteiger partial charge is 0.152 e. The molecule has 94 valence electrons. The topological polar surface area (TPSA) is 35.2 Å². The Bertz CT molecular complexity index is 543. The van der Waals surface area contributed by atoms with Crippen LogP contribution in [-0.4, -0.2) is 0 Å². The van der Waals surface area contributed by atoms with Gasteiger partial charge in [-0.05, 0) is 12.5 Å². The van der Waals surface area contributed by atoms with Crippen LogP contribution in [0.1, 0.15) is 18.6 Å². The first-order valence-corrected chi connectivity index (χ1v) is 5.54. The molecule has 2 nitrogen and oxygen atoms in total. The Kier molecular flexibility index (Phi) is 3.46. The standard InChI is InChI=1S/C14H13F2NO/c1-9(10-5-3-2-4-6-10)18-13-8-11(15)7-12(16)14(13)17/h2-9H,17H2,1H3. The fourth-order valence-corrected chi connectivity index (χ4v) is 1.64. The highest BCUT2D eigenvalue weighted by molar-refractivity contribution is 5.53. The number of halogens is 2. The summed E-state index contributed by atoms with van der Waals surface area (Å²) in [5.41, 5.74) is 6.23. The molecule has 1 atom stereocenters. The summed E-state index contributed by atoms with van der Waals surface area (Å²) in [5.74, 6) is -1.51. The zero-order chi connectivity index (χ0) is 13.1. The SMILES string of the molecule is CC(Oc1cc(F)cc(F)c1N)c1ccccc1. The van der Waals surface area contributed by atoms with Crippen LogP contribution in [0.2, 0.25) is 0 Å². The first kappa shape index (κ1) is 12.4. The van der Waals surface area contributed by atoms with Crippen LogP contribution in [0.3, 0.4) is 0 Å². The van der Waals surface area contributed by atoms with Gasteiger partial charge in [-0.2, -0.15) is 0 Å². The van der Waals surface area contributed by atoms with Crippen molar-refractivity contribution in [1.82, 2.24) is 0 Å². The van der Waals surface area contributed by atoms with Crippen LogP contribution < -0.4 is 10.5 Å². The summed E-state index contributed by atoms with van der Waals surface area (Å²) in [4.78, 5) is 0. The van der Waals surface area contributed by atoms with Crippen molar-refractivity contribution < 1.29 is 13.5 Å². The van der Waals surface area contributed by atoms with Crippen LogP contribution in [0.4, 0.5) is 14.5 Å². The number of ether oxygens (including phenoxy) is 1. The second kappa shape index (κ2) is 5.04. The molecule has 0 aliphatic heterocycles. The normalized spacial score (nSPS) is 12.2. The minimum absolute atomic E-state index is 0.0175. The maximum atomic E-state index is 13.2. The van der Waals surface area contributed by atoms with E-state index in [2.05, 4.69) is 0 Å². The first-order valence-electron chi connectivity index (χ1n) is 5.54. The highest BCUT2D eigenvalue weighted by Gasteiger charge is 2.13. The van der Waals surface area contributed by atoms with Crippen LogP contribution in [-0.2, 0) is 0 Å². The average Bonchev–Trinajstić information content (AvgIpc) is 2.36. The molecule has 0 aliphatic rings. The minimum Gasteiger partial charge on any atom is -0.484 e. The van der Waals surface area contributed by atoms with Crippen LogP contribution in [0, 0.1) is 11.6 Å². The molecule has 0 aliphatic carbocycles.